The highest BCUT2D eigenvalue weighted by molar-refractivity contribution is 8.02. The molecule has 2 aromatic carbocycles. The molecule has 1 N–H and O–H groups in total. The molecule has 0 aromatic heterocycles. The molecule has 1 aliphatic rings. The van der Waals surface area contributed by atoms with Gasteiger partial charge in [0.2, 0.25) is 5.91 Å². The number of esters is 1. The van der Waals surface area contributed by atoms with Crippen LogP contribution >= 0.6 is 23.4 Å². The zero-order valence-corrected chi connectivity index (χ0v) is 18.6. The molecular formula is C23H21ClN2O4S. The molecule has 1 amide bonds. The van der Waals surface area contributed by atoms with Crippen LogP contribution in [0.5, 0.6) is 5.75 Å². The Bertz CT molecular complexity index is 1030. The van der Waals surface area contributed by atoms with Crippen molar-refractivity contribution in [2.45, 2.75) is 18.6 Å². The molecule has 6 nitrogen and oxygen atoms in total. The fourth-order valence-electron chi connectivity index (χ4n) is 3.35. The van der Waals surface area contributed by atoms with Crippen LogP contribution in [0.25, 0.3) is 0 Å². The summed E-state index contributed by atoms with van der Waals surface area (Å²) in [6.45, 7) is 2.40. The van der Waals surface area contributed by atoms with Gasteiger partial charge in [0.05, 0.1) is 30.4 Å². The number of nitrogens with one attached hydrogen (secondary N) is 1. The first kappa shape index (κ1) is 22.7. The second kappa shape index (κ2) is 10.4. The van der Waals surface area contributed by atoms with Gasteiger partial charge in [-0.2, -0.15) is 5.26 Å². The van der Waals surface area contributed by atoms with Crippen molar-refractivity contribution in [3.63, 3.8) is 0 Å². The van der Waals surface area contributed by atoms with E-state index in [1.165, 1.54) is 18.9 Å². The number of rotatable bonds is 7. The van der Waals surface area contributed by atoms with E-state index in [-0.39, 0.29) is 0 Å². The maximum atomic E-state index is 12.9. The predicted octanol–water partition coefficient (Wildman–Crippen LogP) is 4.41. The van der Waals surface area contributed by atoms with Crippen molar-refractivity contribution < 1.29 is 19.1 Å². The highest BCUT2D eigenvalue weighted by Crippen LogP contribution is 2.41. The number of halogens is 1. The van der Waals surface area contributed by atoms with Crippen LogP contribution in [-0.4, -0.2) is 25.6 Å². The van der Waals surface area contributed by atoms with E-state index in [4.69, 9.17) is 21.1 Å². The molecule has 0 aliphatic carbocycles. The van der Waals surface area contributed by atoms with E-state index >= 15 is 0 Å². The number of allylic oxidation sites excluding steroid dienone is 1. The van der Waals surface area contributed by atoms with Crippen LogP contribution in [-0.2, 0) is 20.1 Å². The molecule has 0 radical (unpaired) electrons. The number of carbonyl (C=O) groups is 2. The summed E-state index contributed by atoms with van der Waals surface area (Å²) in [7, 11) is 1.23. The summed E-state index contributed by atoms with van der Waals surface area (Å²) in [5.41, 5.74) is 1.97. The van der Waals surface area contributed by atoms with Crippen LogP contribution in [0.1, 0.15) is 24.0 Å². The molecule has 1 heterocycles. The first-order valence-electron chi connectivity index (χ1n) is 9.61. The third-order valence-electron chi connectivity index (χ3n) is 4.83. The number of nitriles is 1. The lowest BCUT2D eigenvalue weighted by Gasteiger charge is -2.31. The maximum Gasteiger partial charge on any atom is 0.319 e. The Morgan fingerprint density at radius 3 is 2.45 bits per heavy atom. The van der Waals surface area contributed by atoms with Crippen molar-refractivity contribution >= 4 is 35.2 Å². The van der Waals surface area contributed by atoms with Gasteiger partial charge in [0.15, 0.2) is 0 Å². The molecule has 8 heteroatoms. The standard InChI is InChI=1S/C23H21ClN2O4S/c1-3-30-17-10-6-15(7-11-17)19-18(12-25)22(26-21(27)20(19)23(28)29-2)31-13-14-4-8-16(24)9-5-14/h4-11,19-20H,3,13H2,1-2H3,(H,26,27)/t19-,20-/m1/s1. The molecule has 0 bridgehead atoms. The fraction of sp³-hybridized carbons (Fsp3) is 0.261. The van der Waals surface area contributed by atoms with Gasteiger partial charge in [0.1, 0.15) is 11.7 Å². The molecule has 2 atom stereocenters. The number of hydrogen-bond acceptors (Lipinski definition) is 6. The minimum atomic E-state index is -1.16. The Hall–Kier alpha value is -2.95. The molecule has 0 saturated heterocycles. The van der Waals surface area contributed by atoms with E-state index in [0.717, 1.165) is 5.56 Å². The van der Waals surface area contributed by atoms with Crippen LogP contribution in [0.3, 0.4) is 0 Å². The van der Waals surface area contributed by atoms with Crippen molar-refractivity contribution in [1.29, 1.82) is 5.26 Å². The van der Waals surface area contributed by atoms with Crippen LogP contribution in [0.4, 0.5) is 0 Å². The number of hydrogen-bond donors (Lipinski definition) is 1. The van der Waals surface area contributed by atoms with Crippen molar-refractivity contribution in [2.75, 3.05) is 13.7 Å². The number of carbonyl (C=O) groups excluding carboxylic acids is 2. The summed E-state index contributed by atoms with van der Waals surface area (Å²) in [5.74, 6) is -1.90. The number of amides is 1. The van der Waals surface area contributed by atoms with Gasteiger partial charge in [-0.1, -0.05) is 35.9 Å². The first-order chi connectivity index (χ1) is 15.0. The highest BCUT2D eigenvalue weighted by Gasteiger charge is 2.44. The Balaban J connectivity index is 1.98. The number of methoxy groups -OCH3 is 1. The summed E-state index contributed by atoms with van der Waals surface area (Å²) < 4.78 is 10.3. The summed E-state index contributed by atoms with van der Waals surface area (Å²) >= 11 is 7.26. The molecule has 0 unspecified atom stereocenters. The number of thioether (sulfide) groups is 1. The average molecular weight is 457 g/mol. The normalized spacial score (nSPS) is 18.2. The van der Waals surface area contributed by atoms with Crippen LogP contribution < -0.4 is 10.1 Å². The molecule has 0 spiro atoms. The van der Waals surface area contributed by atoms with Gasteiger partial charge >= 0.3 is 5.97 Å². The Morgan fingerprint density at radius 1 is 1.19 bits per heavy atom. The van der Waals surface area contributed by atoms with Crippen molar-refractivity contribution in [3.05, 3.63) is 75.3 Å². The highest BCUT2D eigenvalue weighted by atomic mass is 35.5. The number of benzene rings is 2. The van der Waals surface area contributed by atoms with Gasteiger partial charge in [0.25, 0.3) is 0 Å². The number of nitrogens with zero attached hydrogens (tertiary/aromatic N) is 1. The molecule has 0 fully saturated rings. The zero-order valence-electron chi connectivity index (χ0n) is 17.1. The van der Waals surface area contributed by atoms with E-state index in [9.17, 15) is 14.9 Å². The molecule has 2 aromatic rings. The third kappa shape index (κ3) is 5.22. The Labute approximate surface area is 190 Å². The fourth-order valence-corrected chi connectivity index (χ4v) is 4.48. The zero-order chi connectivity index (χ0) is 22.4. The maximum absolute atomic E-state index is 12.9. The largest absolute Gasteiger partial charge is 0.494 e. The summed E-state index contributed by atoms with van der Waals surface area (Å²) in [6.07, 6.45) is 0. The lowest BCUT2D eigenvalue weighted by molar-refractivity contribution is -0.150. The van der Waals surface area contributed by atoms with Gasteiger partial charge in [0, 0.05) is 16.7 Å². The summed E-state index contributed by atoms with van der Waals surface area (Å²) in [4.78, 5) is 25.3. The van der Waals surface area contributed by atoms with Crippen LogP contribution in [0.15, 0.2) is 59.1 Å². The van der Waals surface area contributed by atoms with Crippen molar-refractivity contribution in [2.24, 2.45) is 5.92 Å². The van der Waals surface area contributed by atoms with Gasteiger partial charge in [-0.15, -0.1) is 11.8 Å². The van der Waals surface area contributed by atoms with Gasteiger partial charge < -0.3 is 14.8 Å². The summed E-state index contributed by atoms with van der Waals surface area (Å²) in [6, 6.07) is 16.6. The van der Waals surface area contributed by atoms with Crippen molar-refractivity contribution in [1.82, 2.24) is 5.32 Å². The summed E-state index contributed by atoms with van der Waals surface area (Å²) in [5, 5.41) is 13.7. The quantitative estimate of drug-likeness (QED) is 0.490. The molecule has 31 heavy (non-hydrogen) atoms. The van der Waals surface area contributed by atoms with E-state index in [1.54, 1.807) is 36.4 Å². The smallest absolute Gasteiger partial charge is 0.319 e. The van der Waals surface area contributed by atoms with Crippen LogP contribution in [0, 0.1) is 17.2 Å². The van der Waals surface area contributed by atoms with Gasteiger partial charge in [-0.25, -0.2) is 0 Å². The molecular weight excluding hydrogens is 436 g/mol. The first-order valence-corrected chi connectivity index (χ1v) is 11.0. The Kier molecular flexibility index (Phi) is 7.61. The van der Waals surface area contributed by atoms with E-state index < -0.39 is 23.7 Å². The van der Waals surface area contributed by atoms with Crippen LogP contribution in [0.2, 0.25) is 5.02 Å². The minimum absolute atomic E-state index is 0.318. The third-order valence-corrected chi connectivity index (χ3v) is 6.17. The monoisotopic (exact) mass is 456 g/mol. The van der Waals surface area contributed by atoms with E-state index in [0.29, 0.717) is 39.3 Å². The molecule has 3 rings (SSSR count). The lowest BCUT2D eigenvalue weighted by atomic mass is 9.78. The van der Waals surface area contributed by atoms with Gasteiger partial charge in [-0.05, 0) is 42.3 Å². The Morgan fingerprint density at radius 2 is 1.87 bits per heavy atom. The number of ether oxygens (including phenoxy) is 2. The second-order valence-electron chi connectivity index (χ2n) is 6.74. The average Bonchev–Trinajstić information content (AvgIpc) is 2.78. The molecule has 1 aliphatic heterocycles. The molecule has 160 valence electrons. The lowest BCUT2D eigenvalue weighted by Crippen LogP contribution is -2.44. The van der Waals surface area contributed by atoms with E-state index in [1.807, 2.05) is 19.1 Å². The topological polar surface area (TPSA) is 88.4 Å². The second-order valence-corrected chi connectivity index (χ2v) is 8.16. The van der Waals surface area contributed by atoms with Crippen molar-refractivity contribution in [3.8, 4) is 11.8 Å². The minimum Gasteiger partial charge on any atom is -0.494 e. The molecule has 0 saturated carbocycles. The SMILES string of the molecule is CCOc1ccc([C@@H]2C(C#N)=C(SCc3ccc(Cl)cc3)NC(=O)[C@@H]2C(=O)OC)cc1. The predicted molar refractivity (Wildman–Crippen MR) is 119 cm³/mol. The van der Waals surface area contributed by atoms with Gasteiger partial charge in [-0.3, -0.25) is 9.59 Å². The van der Waals surface area contributed by atoms with E-state index in [2.05, 4.69) is 11.4 Å².